The Morgan fingerprint density at radius 1 is 1.17 bits per heavy atom. The van der Waals surface area contributed by atoms with Gasteiger partial charge in [0.25, 0.3) is 0 Å². The molecule has 1 aromatic heterocycles. The van der Waals surface area contributed by atoms with Gasteiger partial charge >= 0.3 is 0 Å². The molecule has 2 aliphatic rings. The second kappa shape index (κ2) is 6.88. The van der Waals surface area contributed by atoms with E-state index in [1.54, 1.807) is 18.2 Å². The molecule has 7 nitrogen and oxygen atoms in total. The summed E-state index contributed by atoms with van der Waals surface area (Å²) >= 11 is 0. The van der Waals surface area contributed by atoms with Crippen molar-refractivity contribution in [1.82, 2.24) is 19.7 Å². The summed E-state index contributed by atoms with van der Waals surface area (Å²) < 4.78 is 32.2. The summed E-state index contributed by atoms with van der Waals surface area (Å²) in [4.78, 5) is 2.64. The van der Waals surface area contributed by atoms with Crippen LogP contribution >= 0.6 is 0 Å². The zero-order valence-corrected chi connectivity index (χ0v) is 14.7. The molecule has 0 bridgehead atoms. The van der Waals surface area contributed by atoms with Crippen molar-refractivity contribution < 1.29 is 12.9 Å². The normalized spacial score (nSPS) is 22.5. The smallest absolute Gasteiger partial charge is 0.248 e. The van der Waals surface area contributed by atoms with E-state index in [9.17, 15) is 8.42 Å². The fourth-order valence-corrected chi connectivity index (χ4v) is 5.27. The summed E-state index contributed by atoms with van der Waals surface area (Å²) in [6.07, 6.45) is 2.44. The molecule has 2 fully saturated rings. The first-order chi connectivity index (χ1) is 11.0. The van der Waals surface area contributed by atoms with Crippen LogP contribution in [-0.4, -0.2) is 68.6 Å². The maximum absolute atomic E-state index is 12.8. The van der Waals surface area contributed by atoms with Gasteiger partial charge in [-0.2, -0.15) is 4.31 Å². The van der Waals surface area contributed by atoms with Crippen LogP contribution < -0.4 is 5.32 Å². The van der Waals surface area contributed by atoms with Crippen molar-refractivity contribution in [2.45, 2.75) is 31.6 Å². The SMILES string of the molecule is Cc1noc(C)c1S(=O)(=O)N1CCN(CC2CCNCC2)CC1. The molecule has 0 amide bonds. The van der Waals surface area contributed by atoms with Crippen LogP contribution in [0, 0.1) is 19.8 Å². The summed E-state index contributed by atoms with van der Waals surface area (Å²) in [6.45, 7) is 9.29. The summed E-state index contributed by atoms with van der Waals surface area (Å²) in [5.41, 5.74) is 0.444. The van der Waals surface area contributed by atoms with Crippen molar-refractivity contribution in [3.63, 3.8) is 0 Å². The van der Waals surface area contributed by atoms with Crippen LogP contribution in [0.5, 0.6) is 0 Å². The summed E-state index contributed by atoms with van der Waals surface area (Å²) in [7, 11) is -3.50. The average molecular weight is 342 g/mol. The van der Waals surface area contributed by atoms with Crippen molar-refractivity contribution in [3.05, 3.63) is 11.5 Å². The van der Waals surface area contributed by atoms with E-state index in [1.807, 2.05) is 0 Å². The molecule has 130 valence electrons. The maximum atomic E-state index is 12.8. The van der Waals surface area contributed by atoms with E-state index in [1.165, 1.54) is 12.8 Å². The minimum atomic E-state index is -3.50. The number of hydrogen-bond donors (Lipinski definition) is 1. The lowest BCUT2D eigenvalue weighted by molar-refractivity contribution is 0.152. The molecule has 0 unspecified atom stereocenters. The molecule has 3 rings (SSSR count). The van der Waals surface area contributed by atoms with Gasteiger partial charge in [0.05, 0.1) is 0 Å². The monoisotopic (exact) mass is 342 g/mol. The highest BCUT2D eigenvalue weighted by molar-refractivity contribution is 7.89. The number of piperazine rings is 1. The second-order valence-corrected chi connectivity index (χ2v) is 8.43. The zero-order valence-electron chi connectivity index (χ0n) is 13.9. The number of aryl methyl sites for hydroxylation is 2. The van der Waals surface area contributed by atoms with Crippen LogP contribution in [0.3, 0.4) is 0 Å². The Labute approximate surface area is 138 Å². The van der Waals surface area contributed by atoms with Gasteiger partial charge in [-0.15, -0.1) is 0 Å². The molecule has 2 saturated heterocycles. The number of nitrogens with zero attached hydrogens (tertiary/aromatic N) is 3. The van der Waals surface area contributed by atoms with Crippen molar-refractivity contribution in [2.75, 3.05) is 45.8 Å². The van der Waals surface area contributed by atoms with Crippen molar-refractivity contribution in [1.29, 1.82) is 0 Å². The lowest BCUT2D eigenvalue weighted by Crippen LogP contribution is -2.50. The standard InChI is InChI=1S/C15H26N4O3S/c1-12-15(13(2)22-17-12)23(20,21)19-9-7-18(8-10-19)11-14-3-5-16-6-4-14/h14,16H,3-11H2,1-2H3. The molecule has 0 radical (unpaired) electrons. The van der Waals surface area contributed by atoms with E-state index in [-0.39, 0.29) is 4.90 Å². The molecule has 23 heavy (non-hydrogen) atoms. The third-order valence-electron chi connectivity index (χ3n) is 4.87. The van der Waals surface area contributed by atoms with E-state index in [4.69, 9.17) is 4.52 Å². The Kier molecular flexibility index (Phi) is 5.05. The predicted octanol–water partition coefficient (Wildman–Crippen LogP) is 0.597. The molecule has 8 heteroatoms. The van der Waals surface area contributed by atoms with E-state index in [0.717, 1.165) is 38.6 Å². The molecule has 0 saturated carbocycles. The summed E-state index contributed by atoms with van der Waals surface area (Å²) in [5.74, 6) is 1.11. The predicted molar refractivity (Wildman–Crippen MR) is 86.8 cm³/mol. The number of aromatic nitrogens is 1. The third-order valence-corrected chi connectivity index (χ3v) is 7.02. The fourth-order valence-electron chi connectivity index (χ4n) is 3.55. The van der Waals surface area contributed by atoms with E-state index >= 15 is 0 Å². The van der Waals surface area contributed by atoms with Gasteiger partial charge in [-0.25, -0.2) is 8.42 Å². The first-order valence-electron chi connectivity index (χ1n) is 8.34. The Balaban J connectivity index is 1.60. The molecule has 3 heterocycles. The maximum Gasteiger partial charge on any atom is 0.248 e. The Morgan fingerprint density at radius 3 is 2.39 bits per heavy atom. The van der Waals surface area contributed by atoms with E-state index < -0.39 is 10.0 Å². The van der Waals surface area contributed by atoms with Gasteiger partial charge in [0.15, 0.2) is 5.76 Å². The molecule has 0 spiro atoms. The van der Waals surface area contributed by atoms with Crippen LogP contribution in [-0.2, 0) is 10.0 Å². The minimum Gasteiger partial charge on any atom is -0.360 e. The lowest BCUT2D eigenvalue weighted by atomic mass is 9.97. The van der Waals surface area contributed by atoms with Crippen molar-refractivity contribution in [3.8, 4) is 0 Å². The quantitative estimate of drug-likeness (QED) is 0.863. The van der Waals surface area contributed by atoms with E-state index in [2.05, 4.69) is 15.4 Å². The van der Waals surface area contributed by atoms with Crippen molar-refractivity contribution in [2.24, 2.45) is 5.92 Å². The number of piperidine rings is 1. The van der Waals surface area contributed by atoms with Gasteiger partial charge in [-0.1, -0.05) is 5.16 Å². The van der Waals surface area contributed by atoms with Gasteiger partial charge in [0.1, 0.15) is 10.6 Å². The largest absolute Gasteiger partial charge is 0.360 e. The highest BCUT2D eigenvalue weighted by Gasteiger charge is 2.33. The molecule has 1 aromatic rings. The lowest BCUT2D eigenvalue weighted by Gasteiger charge is -2.36. The second-order valence-electron chi connectivity index (χ2n) is 6.55. The number of hydrogen-bond acceptors (Lipinski definition) is 6. The van der Waals surface area contributed by atoms with Gasteiger partial charge in [-0.05, 0) is 45.7 Å². The number of rotatable bonds is 4. The number of nitrogens with one attached hydrogen (secondary N) is 1. The Morgan fingerprint density at radius 2 is 1.83 bits per heavy atom. The van der Waals surface area contributed by atoms with E-state index in [0.29, 0.717) is 24.5 Å². The number of sulfonamides is 1. The molecule has 1 N–H and O–H groups in total. The zero-order chi connectivity index (χ0) is 16.4. The highest BCUT2D eigenvalue weighted by atomic mass is 32.2. The Hall–Kier alpha value is -0.960. The van der Waals surface area contributed by atoms with Crippen LogP contribution in [0.4, 0.5) is 0 Å². The molecule has 0 aromatic carbocycles. The highest BCUT2D eigenvalue weighted by Crippen LogP contribution is 2.24. The van der Waals surface area contributed by atoms with Gasteiger partial charge < -0.3 is 14.7 Å². The molecular weight excluding hydrogens is 316 g/mol. The van der Waals surface area contributed by atoms with Crippen LogP contribution in [0.15, 0.2) is 9.42 Å². The van der Waals surface area contributed by atoms with Gasteiger partial charge in [0, 0.05) is 32.7 Å². The topological polar surface area (TPSA) is 78.7 Å². The van der Waals surface area contributed by atoms with Crippen molar-refractivity contribution >= 4 is 10.0 Å². The molecular formula is C15H26N4O3S. The average Bonchev–Trinajstić information content (AvgIpc) is 2.88. The van der Waals surface area contributed by atoms with Gasteiger partial charge in [0.2, 0.25) is 10.0 Å². The summed E-state index contributed by atoms with van der Waals surface area (Å²) in [6, 6.07) is 0. The van der Waals surface area contributed by atoms with Crippen LogP contribution in [0.25, 0.3) is 0 Å². The fraction of sp³-hybridized carbons (Fsp3) is 0.800. The molecule has 0 atom stereocenters. The minimum absolute atomic E-state index is 0.240. The third kappa shape index (κ3) is 3.60. The first-order valence-corrected chi connectivity index (χ1v) is 9.78. The summed E-state index contributed by atoms with van der Waals surface area (Å²) in [5, 5.41) is 7.16. The van der Waals surface area contributed by atoms with Gasteiger partial charge in [-0.3, -0.25) is 0 Å². The van der Waals surface area contributed by atoms with Crippen LogP contribution in [0.1, 0.15) is 24.3 Å². The molecule has 2 aliphatic heterocycles. The Bertz CT molecular complexity index is 610. The first kappa shape index (κ1) is 16.9. The van der Waals surface area contributed by atoms with Crippen LogP contribution in [0.2, 0.25) is 0 Å². The molecule has 0 aliphatic carbocycles.